The normalized spacial score (nSPS) is 14.4. The first-order valence-corrected chi connectivity index (χ1v) is 9.01. The van der Waals surface area contributed by atoms with Crippen LogP contribution in [0.2, 0.25) is 0 Å². The number of rotatable bonds is 5. The standard InChI is InChI=1S/C23H21N3O2/c1-28-14-15-7-10-18(11-8-15)25-22(16-5-3-2-4-6-16)21-19-13-17(24)9-12-20(19)26-23(21)27/h2-13,25H,14,24H2,1H3,(H,26,27). The molecule has 0 aliphatic carbocycles. The molecule has 0 unspecified atom stereocenters. The summed E-state index contributed by atoms with van der Waals surface area (Å²) in [5.41, 5.74) is 12.4. The zero-order chi connectivity index (χ0) is 19.5. The summed E-state index contributed by atoms with van der Waals surface area (Å²) in [4.78, 5) is 12.8. The van der Waals surface area contributed by atoms with E-state index in [1.165, 1.54) is 0 Å². The lowest BCUT2D eigenvalue weighted by Gasteiger charge is -2.15. The smallest absolute Gasteiger partial charge is 0.258 e. The van der Waals surface area contributed by atoms with Crippen LogP contribution in [0.25, 0.3) is 11.3 Å². The van der Waals surface area contributed by atoms with Crippen molar-refractivity contribution in [3.63, 3.8) is 0 Å². The van der Waals surface area contributed by atoms with Gasteiger partial charge < -0.3 is 21.1 Å². The van der Waals surface area contributed by atoms with Gasteiger partial charge >= 0.3 is 0 Å². The topological polar surface area (TPSA) is 76.4 Å². The fraction of sp³-hybridized carbons (Fsp3) is 0.0870. The number of ether oxygens (including phenoxy) is 1. The van der Waals surface area contributed by atoms with Crippen LogP contribution in [0.3, 0.4) is 0 Å². The lowest BCUT2D eigenvalue weighted by atomic mass is 9.99. The Morgan fingerprint density at radius 1 is 1.04 bits per heavy atom. The zero-order valence-electron chi connectivity index (χ0n) is 15.5. The van der Waals surface area contributed by atoms with Gasteiger partial charge in [-0.3, -0.25) is 4.79 Å². The molecule has 0 bridgehead atoms. The third kappa shape index (κ3) is 3.48. The molecule has 0 spiro atoms. The Labute approximate surface area is 163 Å². The Kier molecular flexibility index (Phi) is 4.83. The second kappa shape index (κ2) is 7.58. The van der Waals surface area contributed by atoms with Crippen molar-refractivity contribution < 1.29 is 9.53 Å². The van der Waals surface area contributed by atoms with Crippen molar-refractivity contribution in [1.29, 1.82) is 0 Å². The fourth-order valence-corrected chi connectivity index (χ4v) is 3.31. The molecule has 1 aliphatic heterocycles. The van der Waals surface area contributed by atoms with Gasteiger partial charge in [0.2, 0.25) is 0 Å². The van der Waals surface area contributed by atoms with Gasteiger partial charge in [0.15, 0.2) is 0 Å². The van der Waals surface area contributed by atoms with Gasteiger partial charge in [-0.15, -0.1) is 0 Å². The fourth-order valence-electron chi connectivity index (χ4n) is 3.31. The number of nitrogens with one attached hydrogen (secondary N) is 2. The summed E-state index contributed by atoms with van der Waals surface area (Å²) >= 11 is 0. The largest absolute Gasteiger partial charge is 0.399 e. The summed E-state index contributed by atoms with van der Waals surface area (Å²) in [7, 11) is 1.67. The summed E-state index contributed by atoms with van der Waals surface area (Å²) in [5, 5.41) is 6.36. The van der Waals surface area contributed by atoms with Crippen LogP contribution < -0.4 is 16.4 Å². The molecule has 4 N–H and O–H groups in total. The number of anilines is 3. The molecule has 28 heavy (non-hydrogen) atoms. The third-order valence-corrected chi connectivity index (χ3v) is 4.63. The van der Waals surface area contributed by atoms with Crippen LogP contribution in [0.15, 0.2) is 72.8 Å². The molecule has 5 heteroatoms. The molecule has 0 saturated heterocycles. The van der Waals surface area contributed by atoms with Crippen molar-refractivity contribution in [3.05, 3.63) is 89.5 Å². The summed E-state index contributed by atoms with van der Waals surface area (Å²) in [6.45, 7) is 0.558. The molecule has 0 aromatic heterocycles. The number of carbonyl (C=O) groups excluding carboxylic acids is 1. The minimum Gasteiger partial charge on any atom is -0.399 e. The van der Waals surface area contributed by atoms with Crippen molar-refractivity contribution in [3.8, 4) is 0 Å². The minimum absolute atomic E-state index is 0.150. The summed E-state index contributed by atoms with van der Waals surface area (Å²) in [5.74, 6) is -0.150. The lowest BCUT2D eigenvalue weighted by Crippen LogP contribution is -2.10. The molecule has 0 saturated carbocycles. The predicted molar refractivity (Wildman–Crippen MR) is 114 cm³/mol. The van der Waals surface area contributed by atoms with E-state index in [9.17, 15) is 4.79 Å². The number of carbonyl (C=O) groups is 1. The first-order chi connectivity index (χ1) is 13.7. The summed E-state index contributed by atoms with van der Waals surface area (Å²) in [6.07, 6.45) is 0. The van der Waals surface area contributed by atoms with Crippen LogP contribution in [0.4, 0.5) is 17.1 Å². The van der Waals surface area contributed by atoms with E-state index >= 15 is 0 Å². The van der Waals surface area contributed by atoms with E-state index in [0.717, 1.165) is 33.8 Å². The van der Waals surface area contributed by atoms with Crippen molar-refractivity contribution in [2.24, 2.45) is 0 Å². The molecular formula is C23H21N3O2. The Morgan fingerprint density at radius 2 is 1.79 bits per heavy atom. The molecule has 140 valence electrons. The Hall–Kier alpha value is -3.57. The van der Waals surface area contributed by atoms with Gasteiger partial charge in [0.05, 0.1) is 17.9 Å². The molecule has 3 aromatic rings. The molecular weight excluding hydrogens is 350 g/mol. The van der Waals surface area contributed by atoms with Crippen LogP contribution in [0.5, 0.6) is 0 Å². The van der Waals surface area contributed by atoms with Gasteiger partial charge in [0.1, 0.15) is 0 Å². The van der Waals surface area contributed by atoms with E-state index in [1.807, 2.05) is 66.7 Å². The van der Waals surface area contributed by atoms with Crippen LogP contribution in [-0.2, 0) is 16.1 Å². The lowest BCUT2D eigenvalue weighted by molar-refractivity contribution is -0.110. The number of amides is 1. The minimum atomic E-state index is -0.150. The van der Waals surface area contributed by atoms with Gasteiger partial charge in [-0.1, -0.05) is 42.5 Å². The molecule has 4 rings (SSSR count). The van der Waals surface area contributed by atoms with E-state index < -0.39 is 0 Å². The molecule has 3 aromatic carbocycles. The highest BCUT2D eigenvalue weighted by Gasteiger charge is 2.28. The number of hydrogen-bond donors (Lipinski definition) is 3. The van der Waals surface area contributed by atoms with Crippen molar-refractivity contribution in [1.82, 2.24) is 0 Å². The highest BCUT2D eigenvalue weighted by Crippen LogP contribution is 2.38. The predicted octanol–water partition coefficient (Wildman–Crippen LogP) is 4.35. The maximum absolute atomic E-state index is 12.8. The highest BCUT2D eigenvalue weighted by molar-refractivity contribution is 6.37. The molecule has 0 fully saturated rings. The summed E-state index contributed by atoms with van der Waals surface area (Å²) < 4.78 is 5.17. The number of benzene rings is 3. The first kappa shape index (κ1) is 17.8. The van der Waals surface area contributed by atoms with Crippen molar-refractivity contribution >= 4 is 34.2 Å². The molecule has 1 aliphatic rings. The van der Waals surface area contributed by atoms with Gasteiger partial charge in [0.25, 0.3) is 5.91 Å². The highest BCUT2D eigenvalue weighted by atomic mass is 16.5. The average Bonchev–Trinajstić information content (AvgIpc) is 3.03. The van der Waals surface area contributed by atoms with E-state index in [0.29, 0.717) is 17.9 Å². The van der Waals surface area contributed by atoms with E-state index in [2.05, 4.69) is 10.6 Å². The monoisotopic (exact) mass is 371 g/mol. The number of methoxy groups -OCH3 is 1. The quantitative estimate of drug-likeness (QED) is 0.460. The first-order valence-electron chi connectivity index (χ1n) is 9.01. The number of hydrogen-bond acceptors (Lipinski definition) is 4. The average molecular weight is 371 g/mol. The van der Waals surface area contributed by atoms with Gasteiger partial charge in [-0.2, -0.15) is 0 Å². The van der Waals surface area contributed by atoms with Crippen LogP contribution >= 0.6 is 0 Å². The van der Waals surface area contributed by atoms with E-state index in [1.54, 1.807) is 13.2 Å². The summed E-state index contributed by atoms with van der Waals surface area (Å²) in [6, 6.07) is 23.2. The number of nitrogen functional groups attached to an aromatic ring is 1. The zero-order valence-corrected chi connectivity index (χ0v) is 15.5. The van der Waals surface area contributed by atoms with E-state index in [4.69, 9.17) is 10.5 Å². The van der Waals surface area contributed by atoms with Crippen LogP contribution in [0, 0.1) is 0 Å². The van der Waals surface area contributed by atoms with Gasteiger partial charge in [-0.25, -0.2) is 0 Å². The van der Waals surface area contributed by atoms with Crippen LogP contribution in [0.1, 0.15) is 16.7 Å². The molecule has 5 nitrogen and oxygen atoms in total. The maximum atomic E-state index is 12.8. The number of fused-ring (bicyclic) bond motifs is 1. The molecule has 1 amide bonds. The second-order valence-corrected chi connectivity index (χ2v) is 6.63. The Bertz CT molecular complexity index is 1040. The van der Waals surface area contributed by atoms with Crippen LogP contribution in [-0.4, -0.2) is 13.0 Å². The van der Waals surface area contributed by atoms with Gasteiger partial charge in [-0.05, 0) is 41.5 Å². The third-order valence-electron chi connectivity index (χ3n) is 4.63. The molecule has 1 heterocycles. The molecule has 0 radical (unpaired) electrons. The SMILES string of the molecule is COCc1ccc(NC(=C2C(=O)Nc3ccc(N)cc32)c2ccccc2)cc1. The van der Waals surface area contributed by atoms with Crippen molar-refractivity contribution in [2.45, 2.75) is 6.61 Å². The maximum Gasteiger partial charge on any atom is 0.258 e. The molecule has 0 atom stereocenters. The second-order valence-electron chi connectivity index (χ2n) is 6.63. The van der Waals surface area contributed by atoms with Crippen molar-refractivity contribution in [2.75, 3.05) is 23.5 Å². The Balaban J connectivity index is 1.82. The van der Waals surface area contributed by atoms with Gasteiger partial charge in [0, 0.05) is 29.7 Å². The van der Waals surface area contributed by atoms with E-state index in [-0.39, 0.29) is 5.91 Å². The Morgan fingerprint density at radius 3 is 2.50 bits per heavy atom. The number of nitrogens with two attached hydrogens (primary N) is 1.